The number of nitrogens with two attached hydrogens (primary N) is 1. The maximum Gasteiger partial charge on any atom is 0.472 e. The zero-order valence-electron chi connectivity index (χ0n) is 35.9. The van der Waals surface area contributed by atoms with Gasteiger partial charge in [-0.25, -0.2) is 4.57 Å². The first kappa shape index (κ1) is 54.7. The van der Waals surface area contributed by atoms with E-state index < -0.39 is 51.1 Å². The number of carboxylic acid groups (broad SMARTS) is 1. The smallest absolute Gasteiger partial charge is 0.472 e. The third-order valence-electron chi connectivity index (χ3n) is 9.61. The molecule has 0 radical (unpaired) electrons. The van der Waals surface area contributed by atoms with Gasteiger partial charge in [0.1, 0.15) is 12.6 Å². The SMILES string of the molecule is CCCCC/C=C\C/C=C\CCCCCCCCCC(=O)O[C@H](COC(=O)CCCCCCC/C=C\CCCCCCCCC)COP(=O)(O)OC[C@H](N)C(=O)O. The molecule has 0 fully saturated rings. The molecule has 11 nitrogen and oxygen atoms in total. The van der Waals surface area contributed by atoms with E-state index in [4.69, 9.17) is 24.8 Å². The number of hydrogen-bond donors (Lipinski definition) is 3. The van der Waals surface area contributed by atoms with E-state index in [1.54, 1.807) is 0 Å². The fraction of sp³-hybridized carbons (Fsp3) is 0.800. The van der Waals surface area contributed by atoms with Crippen molar-refractivity contribution in [1.82, 2.24) is 0 Å². The lowest BCUT2D eigenvalue weighted by atomic mass is 10.1. The van der Waals surface area contributed by atoms with E-state index in [1.807, 2.05) is 0 Å². The van der Waals surface area contributed by atoms with Gasteiger partial charge in [0, 0.05) is 12.8 Å². The number of aliphatic carboxylic acids is 1. The Labute approximate surface area is 346 Å². The van der Waals surface area contributed by atoms with Crippen molar-refractivity contribution in [1.29, 1.82) is 0 Å². The van der Waals surface area contributed by atoms with Gasteiger partial charge in [0.2, 0.25) is 0 Å². The van der Waals surface area contributed by atoms with Crippen LogP contribution in [0.4, 0.5) is 0 Å². The van der Waals surface area contributed by atoms with Gasteiger partial charge < -0.3 is 25.2 Å². The number of carboxylic acids is 1. The molecule has 0 saturated carbocycles. The van der Waals surface area contributed by atoms with Gasteiger partial charge in [-0.05, 0) is 70.6 Å². The van der Waals surface area contributed by atoms with Crippen molar-refractivity contribution in [2.45, 2.75) is 212 Å². The van der Waals surface area contributed by atoms with Gasteiger partial charge in [-0.1, -0.05) is 153 Å². The van der Waals surface area contributed by atoms with E-state index in [9.17, 15) is 23.8 Å². The summed E-state index contributed by atoms with van der Waals surface area (Å²) in [5.74, 6) is -2.40. The Morgan fingerprint density at radius 3 is 1.42 bits per heavy atom. The summed E-state index contributed by atoms with van der Waals surface area (Å²) in [4.78, 5) is 46.0. The fourth-order valence-electron chi connectivity index (χ4n) is 6.03. The van der Waals surface area contributed by atoms with Crippen LogP contribution in [0.3, 0.4) is 0 Å². The number of rotatable bonds is 42. The van der Waals surface area contributed by atoms with Gasteiger partial charge in [-0.2, -0.15) is 0 Å². The summed E-state index contributed by atoms with van der Waals surface area (Å²) in [5.41, 5.74) is 5.33. The first-order chi connectivity index (χ1) is 27.6. The Hall–Kier alpha value is -2.30. The lowest BCUT2D eigenvalue weighted by Gasteiger charge is -2.20. The summed E-state index contributed by atoms with van der Waals surface area (Å²) in [7, 11) is -4.72. The number of allylic oxidation sites excluding steroid dienone is 6. The Morgan fingerprint density at radius 2 is 0.930 bits per heavy atom. The highest BCUT2D eigenvalue weighted by molar-refractivity contribution is 7.47. The summed E-state index contributed by atoms with van der Waals surface area (Å²) in [6.45, 7) is 2.77. The highest BCUT2D eigenvalue weighted by Gasteiger charge is 2.28. The van der Waals surface area contributed by atoms with Crippen LogP contribution in [0, 0.1) is 0 Å². The third-order valence-corrected chi connectivity index (χ3v) is 10.6. The second kappa shape index (κ2) is 40.5. The molecule has 0 aromatic heterocycles. The number of esters is 2. The summed E-state index contributed by atoms with van der Waals surface area (Å²) in [5, 5.41) is 8.89. The maximum atomic E-state index is 12.6. The Bertz CT molecular complexity index is 1110. The first-order valence-electron chi connectivity index (χ1n) is 22.5. The van der Waals surface area contributed by atoms with Crippen LogP contribution in [0.1, 0.15) is 200 Å². The molecule has 0 aliphatic carbocycles. The predicted molar refractivity (Wildman–Crippen MR) is 231 cm³/mol. The van der Waals surface area contributed by atoms with Crippen LogP contribution in [-0.4, -0.2) is 59.9 Å². The molecule has 0 amide bonds. The molecule has 4 N–H and O–H groups in total. The molecule has 3 atom stereocenters. The maximum absolute atomic E-state index is 12.6. The second-order valence-corrected chi connectivity index (χ2v) is 16.6. The lowest BCUT2D eigenvalue weighted by Crippen LogP contribution is -2.34. The average Bonchev–Trinajstić information content (AvgIpc) is 3.19. The van der Waals surface area contributed by atoms with Crippen molar-refractivity contribution in [3.05, 3.63) is 36.5 Å². The molecule has 0 rings (SSSR count). The zero-order valence-corrected chi connectivity index (χ0v) is 36.8. The van der Waals surface area contributed by atoms with Crippen LogP contribution >= 0.6 is 7.82 Å². The molecular weight excluding hydrogens is 745 g/mol. The highest BCUT2D eigenvalue weighted by atomic mass is 31.2. The number of ether oxygens (including phenoxy) is 2. The number of carbonyl (C=O) groups is 3. The number of unbranched alkanes of at least 4 members (excludes halogenated alkanes) is 22. The van der Waals surface area contributed by atoms with E-state index in [-0.39, 0.29) is 19.4 Å². The van der Waals surface area contributed by atoms with E-state index in [1.165, 1.54) is 83.5 Å². The molecule has 0 bridgehead atoms. The molecule has 0 aliphatic heterocycles. The van der Waals surface area contributed by atoms with Crippen LogP contribution in [-0.2, 0) is 37.5 Å². The van der Waals surface area contributed by atoms with E-state index in [0.717, 1.165) is 77.0 Å². The molecular formula is C45H82NO10P. The van der Waals surface area contributed by atoms with Crippen molar-refractivity contribution >= 4 is 25.7 Å². The third kappa shape index (κ3) is 40.3. The van der Waals surface area contributed by atoms with Gasteiger partial charge >= 0.3 is 25.7 Å². The first-order valence-corrected chi connectivity index (χ1v) is 24.0. The predicted octanol–water partition coefficient (Wildman–Crippen LogP) is 12.0. The standard InChI is InChI=1S/C45H82NO10P/c1-3-5-7-9-11-13-15-17-19-21-23-25-27-29-31-33-35-37-44(48)56-41(39-54-57(51,52)55-40-42(46)45(49)50)38-53-43(47)36-34-32-30-28-26-24-22-20-18-16-14-12-10-8-6-4-2/h11,13,17,19-20,22,41-42H,3-10,12,14-16,18,21,23-40,46H2,1-2H3,(H,49,50)(H,51,52)/b13-11-,19-17-,22-20-/t41-,42+/m1/s1. The molecule has 12 heteroatoms. The summed E-state index contributed by atoms with van der Waals surface area (Å²) in [6, 6.07) is -1.52. The van der Waals surface area contributed by atoms with Gasteiger partial charge in [0.15, 0.2) is 6.10 Å². The Morgan fingerprint density at radius 1 is 0.544 bits per heavy atom. The molecule has 1 unspecified atom stereocenters. The summed E-state index contributed by atoms with van der Waals surface area (Å²) < 4.78 is 32.7. The fourth-order valence-corrected chi connectivity index (χ4v) is 6.81. The van der Waals surface area contributed by atoms with Gasteiger partial charge in [0.05, 0.1) is 13.2 Å². The largest absolute Gasteiger partial charge is 0.480 e. The van der Waals surface area contributed by atoms with E-state index in [0.29, 0.717) is 12.8 Å². The number of carbonyl (C=O) groups excluding carboxylic acids is 2. The van der Waals surface area contributed by atoms with Crippen molar-refractivity contribution in [2.75, 3.05) is 19.8 Å². The van der Waals surface area contributed by atoms with Crippen molar-refractivity contribution < 1.29 is 47.5 Å². The van der Waals surface area contributed by atoms with Gasteiger partial charge in [0.25, 0.3) is 0 Å². The summed E-state index contributed by atoms with van der Waals surface area (Å²) >= 11 is 0. The van der Waals surface area contributed by atoms with Gasteiger partial charge in [-0.15, -0.1) is 0 Å². The molecule has 0 saturated heterocycles. The van der Waals surface area contributed by atoms with Crippen LogP contribution in [0.2, 0.25) is 0 Å². The average molecular weight is 828 g/mol. The molecule has 0 aromatic carbocycles. The quantitative estimate of drug-likeness (QED) is 0.0231. The zero-order chi connectivity index (χ0) is 42.1. The summed E-state index contributed by atoms with van der Waals surface area (Å²) in [6.07, 6.45) is 43.4. The highest BCUT2D eigenvalue weighted by Crippen LogP contribution is 2.43. The van der Waals surface area contributed by atoms with Gasteiger partial charge in [-0.3, -0.25) is 23.4 Å². The Kier molecular flexibility index (Phi) is 38.8. The van der Waals surface area contributed by atoms with Crippen LogP contribution in [0.5, 0.6) is 0 Å². The topological polar surface area (TPSA) is 172 Å². The van der Waals surface area contributed by atoms with E-state index in [2.05, 4.69) is 54.8 Å². The molecule has 0 aliphatic rings. The minimum atomic E-state index is -4.72. The van der Waals surface area contributed by atoms with E-state index >= 15 is 0 Å². The Balaban J connectivity index is 4.37. The molecule has 57 heavy (non-hydrogen) atoms. The molecule has 0 spiro atoms. The monoisotopic (exact) mass is 828 g/mol. The van der Waals surface area contributed by atoms with Crippen molar-refractivity contribution in [2.24, 2.45) is 5.73 Å². The van der Waals surface area contributed by atoms with Crippen LogP contribution in [0.25, 0.3) is 0 Å². The van der Waals surface area contributed by atoms with Crippen molar-refractivity contribution in [3.8, 4) is 0 Å². The molecule has 332 valence electrons. The minimum absolute atomic E-state index is 0.151. The van der Waals surface area contributed by atoms with Crippen LogP contribution < -0.4 is 5.73 Å². The molecule has 0 heterocycles. The van der Waals surface area contributed by atoms with Crippen LogP contribution in [0.15, 0.2) is 36.5 Å². The van der Waals surface area contributed by atoms with Crippen molar-refractivity contribution in [3.63, 3.8) is 0 Å². The lowest BCUT2D eigenvalue weighted by molar-refractivity contribution is -0.161. The minimum Gasteiger partial charge on any atom is -0.480 e. The number of phosphoric ester groups is 1. The second-order valence-electron chi connectivity index (χ2n) is 15.2. The molecule has 0 aromatic rings. The normalized spacial score (nSPS) is 14.0. The number of hydrogen-bond acceptors (Lipinski definition) is 9. The number of phosphoric acid groups is 1.